The second-order valence-electron chi connectivity index (χ2n) is 5.35. The van der Waals surface area contributed by atoms with E-state index in [1.807, 2.05) is 36.4 Å². The lowest BCUT2D eigenvalue weighted by Gasteiger charge is -2.05. The quantitative estimate of drug-likeness (QED) is 0.526. The molecule has 0 bridgehead atoms. The molecule has 3 aromatic rings. The van der Waals surface area contributed by atoms with E-state index in [-0.39, 0.29) is 18.2 Å². The number of rotatable bonds is 5. The fourth-order valence-corrected chi connectivity index (χ4v) is 3.11. The average Bonchev–Trinajstić information content (AvgIpc) is 2.93. The molecular weight excluding hydrogens is 370 g/mol. The zero-order valence-corrected chi connectivity index (χ0v) is 14.7. The van der Waals surface area contributed by atoms with E-state index in [2.05, 4.69) is 20.9 Å². The van der Waals surface area contributed by atoms with Gasteiger partial charge >= 0.3 is 5.97 Å². The number of para-hydroxylation sites is 1. The molecule has 0 spiro atoms. The first-order chi connectivity index (χ1) is 11.6. The Balaban J connectivity index is 2.09. The lowest BCUT2D eigenvalue weighted by molar-refractivity contribution is -0.142. The van der Waals surface area contributed by atoms with Crippen LogP contribution in [0.15, 0.2) is 53.0 Å². The van der Waals surface area contributed by atoms with Crippen molar-refractivity contribution in [3.05, 3.63) is 69.8 Å². The SMILES string of the molecule is CCOC(=O)Cc1c(C(=O)c2cccc(Br)c2)[nH]c2ccccc12. The van der Waals surface area contributed by atoms with Crippen molar-refractivity contribution in [1.29, 1.82) is 0 Å². The first kappa shape index (κ1) is 16.5. The normalized spacial score (nSPS) is 10.8. The number of hydrogen-bond donors (Lipinski definition) is 1. The second kappa shape index (κ2) is 7.01. The number of carbonyl (C=O) groups excluding carboxylic acids is 2. The molecular formula is C19H16BrNO3. The van der Waals surface area contributed by atoms with Crippen LogP contribution < -0.4 is 0 Å². The fourth-order valence-electron chi connectivity index (χ4n) is 2.71. The van der Waals surface area contributed by atoms with Gasteiger partial charge < -0.3 is 9.72 Å². The molecule has 0 amide bonds. The van der Waals surface area contributed by atoms with E-state index in [1.54, 1.807) is 19.1 Å². The molecule has 5 heteroatoms. The van der Waals surface area contributed by atoms with E-state index in [1.165, 1.54) is 0 Å². The van der Waals surface area contributed by atoms with E-state index >= 15 is 0 Å². The standard InChI is InChI=1S/C19H16BrNO3/c1-2-24-17(22)11-15-14-8-3-4-9-16(14)21-18(15)19(23)12-6-5-7-13(20)10-12/h3-10,21H,2,11H2,1H3. The molecule has 1 heterocycles. The summed E-state index contributed by atoms with van der Waals surface area (Å²) in [5, 5.41) is 0.865. The third-order valence-electron chi connectivity index (χ3n) is 3.75. The molecule has 2 aromatic carbocycles. The van der Waals surface area contributed by atoms with Crippen molar-refractivity contribution in [3.63, 3.8) is 0 Å². The Morgan fingerprint density at radius 1 is 1.12 bits per heavy atom. The molecule has 3 rings (SSSR count). The third kappa shape index (κ3) is 3.26. The van der Waals surface area contributed by atoms with Gasteiger partial charge in [0.15, 0.2) is 0 Å². The maximum Gasteiger partial charge on any atom is 0.310 e. The summed E-state index contributed by atoms with van der Waals surface area (Å²) in [4.78, 5) is 28.0. The Morgan fingerprint density at radius 2 is 1.92 bits per heavy atom. The Morgan fingerprint density at radius 3 is 2.67 bits per heavy atom. The monoisotopic (exact) mass is 385 g/mol. The minimum absolute atomic E-state index is 0.0624. The number of ketones is 1. The fraction of sp³-hybridized carbons (Fsp3) is 0.158. The molecule has 0 atom stereocenters. The third-order valence-corrected chi connectivity index (χ3v) is 4.25. The number of H-pyrrole nitrogens is 1. The number of ether oxygens (including phenoxy) is 1. The lowest BCUT2D eigenvalue weighted by atomic mass is 10.0. The van der Waals surface area contributed by atoms with Gasteiger partial charge in [0.25, 0.3) is 0 Å². The van der Waals surface area contributed by atoms with Gasteiger partial charge in [0, 0.05) is 26.5 Å². The number of benzene rings is 2. The highest BCUT2D eigenvalue weighted by Crippen LogP contribution is 2.26. The molecule has 24 heavy (non-hydrogen) atoms. The van der Waals surface area contributed by atoms with E-state index in [4.69, 9.17) is 4.74 Å². The number of nitrogens with one attached hydrogen (secondary N) is 1. The Bertz CT molecular complexity index is 914. The van der Waals surface area contributed by atoms with Crippen molar-refractivity contribution in [2.45, 2.75) is 13.3 Å². The Kier molecular flexibility index (Phi) is 4.81. The minimum atomic E-state index is -0.342. The van der Waals surface area contributed by atoms with Crippen LogP contribution in [0.5, 0.6) is 0 Å². The number of halogens is 1. The van der Waals surface area contributed by atoms with Crippen molar-refractivity contribution in [2.75, 3.05) is 6.61 Å². The summed E-state index contributed by atoms with van der Waals surface area (Å²) in [6, 6.07) is 14.8. The van der Waals surface area contributed by atoms with Crippen LogP contribution in [0.2, 0.25) is 0 Å². The predicted octanol–water partition coefficient (Wildman–Crippen LogP) is 4.27. The zero-order chi connectivity index (χ0) is 17.1. The highest BCUT2D eigenvalue weighted by Gasteiger charge is 2.21. The van der Waals surface area contributed by atoms with Crippen LogP contribution in [0.3, 0.4) is 0 Å². The van der Waals surface area contributed by atoms with Crippen LogP contribution >= 0.6 is 15.9 Å². The molecule has 0 radical (unpaired) electrons. The van der Waals surface area contributed by atoms with Gasteiger partial charge in [-0.1, -0.05) is 46.3 Å². The van der Waals surface area contributed by atoms with Gasteiger partial charge in [-0.15, -0.1) is 0 Å². The number of hydrogen-bond acceptors (Lipinski definition) is 3. The van der Waals surface area contributed by atoms with Crippen molar-refractivity contribution >= 4 is 38.6 Å². The van der Waals surface area contributed by atoms with E-state index in [0.29, 0.717) is 23.4 Å². The number of aromatic nitrogens is 1. The van der Waals surface area contributed by atoms with Gasteiger partial charge in [0.1, 0.15) is 0 Å². The van der Waals surface area contributed by atoms with E-state index in [0.717, 1.165) is 15.4 Å². The molecule has 4 nitrogen and oxygen atoms in total. The maximum atomic E-state index is 12.9. The smallest absolute Gasteiger partial charge is 0.310 e. The topological polar surface area (TPSA) is 59.2 Å². The summed E-state index contributed by atoms with van der Waals surface area (Å²) >= 11 is 3.38. The van der Waals surface area contributed by atoms with Gasteiger partial charge in [-0.25, -0.2) is 0 Å². The maximum absolute atomic E-state index is 12.9. The van der Waals surface area contributed by atoms with Gasteiger partial charge in [-0.05, 0) is 25.1 Å². The van der Waals surface area contributed by atoms with Crippen LogP contribution in [0.4, 0.5) is 0 Å². The molecule has 0 unspecified atom stereocenters. The van der Waals surface area contributed by atoms with Crippen LogP contribution in [-0.2, 0) is 16.0 Å². The summed E-state index contributed by atoms with van der Waals surface area (Å²) in [6.45, 7) is 2.08. The largest absolute Gasteiger partial charge is 0.466 e. The van der Waals surface area contributed by atoms with Crippen LogP contribution in [0.25, 0.3) is 10.9 Å². The number of esters is 1. The van der Waals surface area contributed by atoms with Gasteiger partial charge in [-0.3, -0.25) is 9.59 Å². The van der Waals surface area contributed by atoms with Crippen molar-refractivity contribution in [3.8, 4) is 0 Å². The van der Waals surface area contributed by atoms with Crippen molar-refractivity contribution in [1.82, 2.24) is 4.98 Å². The summed E-state index contributed by atoms with van der Waals surface area (Å²) in [7, 11) is 0. The zero-order valence-electron chi connectivity index (χ0n) is 13.1. The number of carbonyl (C=O) groups is 2. The van der Waals surface area contributed by atoms with Crippen LogP contribution in [-0.4, -0.2) is 23.3 Å². The molecule has 122 valence electrons. The first-order valence-corrected chi connectivity index (χ1v) is 8.45. The highest BCUT2D eigenvalue weighted by molar-refractivity contribution is 9.10. The summed E-state index contributed by atoms with van der Waals surface area (Å²) in [5.41, 5.74) is 2.49. The molecule has 1 aromatic heterocycles. The molecule has 0 aliphatic carbocycles. The minimum Gasteiger partial charge on any atom is -0.466 e. The van der Waals surface area contributed by atoms with Gasteiger partial charge in [0.2, 0.25) is 5.78 Å². The Hall–Kier alpha value is -2.40. The number of fused-ring (bicyclic) bond motifs is 1. The Labute approximate surface area is 148 Å². The summed E-state index contributed by atoms with van der Waals surface area (Å²) < 4.78 is 5.88. The second-order valence-corrected chi connectivity index (χ2v) is 6.26. The van der Waals surface area contributed by atoms with Crippen molar-refractivity contribution < 1.29 is 14.3 Å². The predicted molar refractivity (Wildman–Crippen MR) is 96.2 cm³/mol. The molecule has 1 N–H and O–H groups in total. The lowest BCUT2D eigenvalue weighted by Crippen LogP contribution is -2.11. The van der Waals surface area contributed by atoms with Crippen molar-refractivity contribution in [2.24, 2.45) is 0 Å². The summed E-state index contributed by atoms with van der Waals surface area (Å²) in [5.74, 6) is -0.489. The molecule has 0 saturated carbocycles. The van der Waals surface area contributed by atoms with Gasteiger partial charge in [-0.2, -0.15) is 0 Å². The van der Waals surface area contributed by atoms with Crippen LogP contribution in [0, 0.1) is 0 Å². The van der Waals surface area contributed by atoms with E-state index < -0.39 is 0 Å². The molecule has 0 fully saturated rings. The van der Waals surface area contributed by atoms with E-state index in [9.17, 15) is 9.59 Å². The van der Waals surface area contributed by atoms with Gasteiger partial charge in [0.05, 0.1) is 18.7 Å². The molecule has 0 aliphatic rings. The summed E-state index contributed by atoms with van der Waals surface area (Å²) in [6.07, 6.45) is 0.0624. The highest BCUT2D eigenvalue weighted by atomic mass is 79.9. The number of aromatic amines is 1. The molecule has 0 saturated heterocycles. The molecule has 0 aliphatic heterocycles. The first-order valence-electron chi connectivity index (χ1n) is 7.65. The average molecular weight is 386 g/mol. The van der Waals surface area contributed by atoms with Crippen LogP contribution in [0.1, 0.15) is 28.5 Å².